The van der Waals surface area contributed by atoms with Crippen molar-refractivity contribution in [3.8, 4) is 5.75 Å². The van der Waals surface area contributed by atoms with Gasteiger partial charge in [0.25, 0.3) is 0 Å². The van der Waals surface area contributed by atoms with Crippen molar-refractivity contribution < 1.29 is 26.3 Å². The average molecular weight is 414 g/mol. The van der Waals surface area contributed by atoms with Crippen molar-refractivity contribution in [2.24, 2.45) is 0 Å². The maximum atomic E-state index is 13.9. The smallest absolute Gasteiger partial charge is 0.246 e. The second-order valence-electron chi connectivity index (χ2n) is 6.48. The van der Waals surface area contributed by atoms with Crippen molar-refractivity contribution in [2.45, 2.75) is 11.3 Å². The van der Waals surface area contributed by atoms with Crippen LogP contribution in [0.15, 0.2) is 47.4 Å². The molecule has 1 heterocycles. The number of hydrogen-bond donors (Lipinski definition) is 0. The summed E-state index contributed by atoms with van der Waals surface area (Å²) >= 11 is 0. The van der Waals surface area contributed by atoms with Crippen molar-refractivity contribution >= 4 is 10.0 Å². The summed E-state index contributed by atoms with van der Waals surface area (Å²) in [7, 11) is -3.99. The molecular weight excluding hydrogens is 393 g/mol. The molecule has 1 saturated heterocycles. The van der Waals surface area contributed by atoms with E-state index in [1.807, 2.05) is 0 Å². The number of rotatable bonds is 7. The summed E-state index contributed by atoms with van der Waals surface area (Å²) in [4.78, 5) is 1.59. The summed E-state index contributed by atoms with van der Waals surface area (Å²) in [6.07, 6.45) is 0.733. The molecule has 0 radical (unpaired) electrons. The summed E-state index contributed by atoms with van der Waals surface area (Å²) in [5.74, 6) is -1.62. The maximum absolute atomic E-state index is 13.9. The van der Waals surface area contributed by atoms with E-state index in [1.165, 1.54) is 16.4 Å². The third-order valence-electron chi connectivity index (χ3n) is 4.54. The van der Waals surface area contributed by atoms with Crippen LogP contribution in [-0.2, 0) is 10.0 Å². The van der Waals surface area contributed by atoms with Crippen LogP contribution in [0.1, 0.15) is 6.42 Å². The molecule has 2 aromatic rings. The van der Waals surface area contributed by atoms with E-state index in [4.69, 9.17) is 4.74 Å². The maximum Gasteiger partial charge on any atom is 0.246 e. The lowest BCUT2D eigenvalue weighted by Crippen LogP contribution is -2.49. The van der Waals surface area contributed by atoms with E-state index in [2.05, 4.69) is 4.90 Å². The highest BCUT2D eigenvalue weighted by atomic mass is 32.2. The lowest BCUT2D eigenvalue weighted by atomic mass is 10.3. The molecule has 152 valence electrons. The Hall–Kier alpha value is -2.10. The van der Waals surface area contributed by atoms with Gasteiger partial charge in [-0.15, -0.1) is 0 Å². The molecule has 2 aromatic carbocycles. The van der Waals surface area contributed by atoms with Gasteiger partial charge >= 0.3 is 0 Å². The Labute approximate surface area is 162 Å². The monoisotopic (exact) mass is 414 g/mol. The Morgan fingerprint density at radius 1 is 0.893 bits per heavy atom. The van der Waals surface area contributed by atoms with Crippen molar-refractivity contribution in [3.63, 3.8) is 0 Å². The highest BCUT2D eigenvalue weighted by molar-refractivity contribution is 7.89. The minimum Gasteiger partial charge on any atom is -0.494 e. The molecule has 1 fully saturated rings. The van der Waals surface area contributed by atoms with E-state index in [-0.39, 0.29) is 18.9 Å². The van der Waals surface area contributed by atoms with Gasteiger partial charge in [0.2, 0.25) is 10.0 Å². The van der Waals surface area contributed by atoms with Crippen LogP contribution in [0.5, 0.6) is 5.75 Å². The van der Waals surface area contributed by atoms with Crippen molar-refractivity contribution in [1.82, 2.24) is 9.21 Å². The summed E-state index contributed by atoms with van der Waals surface area (Å²) in [6, 6.07) is 8.26. The van der Waals surface area contributed by atoms with E-state index >= 15 is 0 Å². The van der Waals surface area contributed by atoms with Crippen LogP contribution in [0.4, 0.5) is 13.2 Å². The molecule has 3 rings (SSSR count). The average Bonchev–Trinajstić information content (AvgIpc) is 2.67. The fourth-order valence-corrected chi connectivity index (χ4v) is 4.49. The summed E-state index contributed by atoms with van der Waals surface area (Å²) < 4.78 is 71.6. The molecule has 0 aromatic heterocycles. The molecular formula is C19H21F3N2O3S. The Morgan fingerprint density at radius 3 is 2.18 bits per heavy atom. The number of sulfonamides is 1. The molecule has 9 heteroatoms. The minimum atomic E-state index is -3.99. The number of hydrogen-bond acceptors (Lipinski definition) is 4. The third-order valence-corrected chi connectivity index (χ3v) is 6.48. The minimum absolute atomic E-state index is 0.234. The van der Waals surface area contributed by atoms with Gasteiger partial charge in [-0.1, -0.05) is 0 Å². The van der Waals surface area contributed by atoms with Gasteiger partial charge in [0.1, 0.15) is 28.1 Å². The van der Waals surface area contributed by atoms with Crippen LogP contribution in [0.25, 0.3) is 0 Å². The Kier molecular flexibility index (Phi) is 6.58. The van der Waals surface area contributed by atoms with Crippen molar-refractivity contribution in [1.29, 1.82) is 0 Å². The molecule has 0 atom stereocenters. The number of benzene rings is 2. The zero-order valence-corrected chi connectivity index (χ0v) is 16.0. The van der Waals surface area contributed by atoms with Gasteiger partial charge in [-0.3, -0.25) is 0 Å². The highest BCUT2D eigenvalue weighted by Gasteiger charge is 2.30. The first-order valence-corrected chi connectivity index (χ1v) is 10.4. The van der Waals surface area contributed by atoms with E-state index in [0.29, 0.717) is 31.5 Å². The van der Waals surface area contributed by atoms with Crippen molar-refractivity contribution in [2.75, 3.05) is 39.3 Å². The summed E-state index contributed by atoms with van der Waals surface area (Å²) in [5, 5.41) is 0. The zero-order valence-electron chi connectivity index (χ0n) is 15.2. The molecule has 5 nitrogen and oxygen atoms in total. The molecule has 0 spiro atoms. The summed E-state index contributed by atoms with van der Waals surface area (Å²) in [6.45, 7) is 2.68. The quantitative estimate of drug-likeness (QED) is 0.654. The SMILES string of the molecule is O=S(=O)(c1ccc(F)cc1F)N1CCN(CCCOc2ccc(F)cc2)CC1. The zero-order chi connectivity index (χ0) is 20.1. The first-order valence-electron chi connectivity index (χ1n) is 8.92. The first-order chi connectivity index (χ1) is 13.4. The number of halogens is 3. The summed E-state index contributed by atoms with van der Waals surface area (Å²) in [5.41, 5.74) is 0. The molecule has 0 unspecified atom stereocenters. The van der Waals surface area contributed by atoms with Crippen molar-refractivity contribution in [3.05, 3.63) is 59.9 Å². The highest BCUT2D eigenvalue weighted by Crippen LogP contribution is 2.21. The van der Waals surface area contributed by atoms with Gasteiger partial charge in [-0.25, -0.2) is 21.6 Å². The molecule has 1 aliphatic heterocycles. The van der Waals surface area contributed by atoms with Crippen LogP contribution >= 0.6 is 0 Å². The van der Waals surface area contributed by atoms with Gasteiger partial charge in [0, 0.05) is 38.8 Å². The number of piperazine rings is 1. The van der Waals surface area contributed by atoms with Gasteiger partial charge in [-0.2, -0.15) is 4.31 Å². The normalized spacial score (nSPS) is 16.2. The Morgan fingerprint density at radius 2 is 1.54 bits per heavy atom. The molecule has 0 saturated carbocycles. The Balaban J connectivity index is 1.45. The van der Waals surface area contributed by atoms with E-state index in [9.17, 15) is 21.6 Å². The predicted molar refractivity (Wildman–Crippen MR) is 98.1 cm³/mol. The molecule has 0 N–H and O–H groups in total. The second-order valence-corrected chi connectivity index (χ2v) is 8.38. The molecule has 1 aliphatic rings. The lowest BCUT2D eigenvalue weighted by molar-refractivity contribution is 0.174. The van der Waals surface area contributed by atoms with Gasteiger partial charge in [-0.05, 0) is 42.8 Å². The molecule has 0 bridgehead atoms. The predicted octanol–water partition coefficient (Wildman–Crippen LogP) is 2.88. The fourth-order valence-electron chi connectivity index (χ4n) is 3.03. The van der Waals surface area contributed by atoms with Crippen LogP contribution in [0.3, 0.4) is 0 Å². The fraction of sp³-hybridized carbons (Fsp3) is 0.368. The largest absolute Gasteiger partial charge is 0.494 e. The Bertz CT molecular complexity index is 899. The molecule has 0 aliphatic carbocycles. The van der Waals surface area contributed by atoms with Crippen LogP contribution in [-0.4, -0.2) is 57.0 Å². The standard InChI is InChI=1S/C19H21F3N2O3S/c20-15-2-5-17(6-3-15)27-13-1-8-23-9-11-24(12-10-23)28(25,26)19-7-4-16(21)14-18(19)22/h2-7,14H,1,8-13H2. The molecule has 28 heavy (non-hydrogen) atoms. The lowest BCUT2D eigenvalue weighted by Gasteiger charge is -2.34. The number of nitrogens with zero attached hydrogens (tertiary/aromatic N) is 2. The van der Waals surface area contributed by atoms with Gasteiger partial charge in [0.15, 0.2) is 0 Å². The first kappa shape index (κ1) is 20.6. The van der Waals surface area contributed by atoms with E-state index < -0.39 is 26.6 Å². The molecule has 0 amide bonds. The van der Waals surface area contributed by atoms with Crippen LogP contribution in [0.2, 0.25) is 0 Å². The number of ether oxygens (including phenoxy) is 1. The topological polar surface area (TPSA) is 49.9 Å². The van der Waals surface area contributed by atoms with Gasteiger partial charge < -0.3 is 9.64 Å². The second kappa shape index (κ2) is 8.93. The van der Waals surface area contributed by atoms with Crippen LogP contribution in [0, 0.1) is 17.5 Å². The van der Waals surface area contributed by atoms with E-state index in [0.717, 1.165) is 25.1 Å². The third kappa shape index (κ3) is 5.03. The van der Waals surface area contributed by atoms with E-state index in [1.54, 1.807) is 12.1 Å². The van der Waals surface area contributed by atoms with Gasteiger partial charge in [0.05, 0.1) is 6.61 Å². The van der Waals surface area contributed by atoms with Crippen LogP contribution < -0.4 is 4.74 Å².